The summed E-state index contributed by atoms with van der Waals surface area (Å²) < 4.78 is 1.93. The van der Waals surface area contributed by atoms with Gasteiger partial charge in [0.1, 0.15) is 0 Å². The molecule has 6 heteroatoms. The van der Waals surface area contributed by atoms with Crippen molar-refractivity contribution in [2.45, 2.75) is 8.10 Å². The molecule has 2 atom stereocenters. The van der Waals surface area contributed by atoms with E-state index in [1.54, 1.807) is 0 Å². The molecule has 18 heavy (non-hydrogen) atoms. The van der Waals surface area contributed by atoms with Crippen molar-refractivity contribution in [3.05, 3.63) is 0 Å². The van der Waals surface area contributed by atoms with Gasteiger partial charge < -0.3 is 0 Å². The molecule has 0 aromatic heterocycles. The molecule has 0 heterocycles. The van der Waals surface area contributed by atoms with E-state index in [1.165, 1.54) is 12.3 Å². The number of halogens is 1. The van der Waals surface area contributed by atoms with Gasteiger partial charge in [0.25, 0.3) is 0 Å². The minimum atomic E-state index is -1.70. The molecule has 0 rings (SSSR count). The Balaban J connectivity index is 4.82. The van der Waals surface area contributed by atoms with Crippen LogP contribution in [0.5, 0.6) is 0 Å². The first-order chi connectivity index (χ1) is 8.16. The van der Waals surface area contributed by atoms with Gasteiger partial charge in [-0.3, -0.25) is 0 Å². The predicted octanol–water partition coefficient (Wildman–Crippen LogP) is 5.38. The van der Waals surface area contributed by atoms with Crippen LogP contribution in [0, 0.1) is 0 Å². The molecular formula is C12H30ClP4W. The molecule has 0 radical (unpaired) electrons. The van der Waals surface area contributed by atoms with Gasteiger partial charge in [0.05, 0.1) is 0 Å². The third kappa shape index (κ3) is 8.22. The summed E-state index contributed by atoms with van der Waals surface area (Å²) in [6.45, 7) is 19.6. The van der Waals surface area contributed by atoms with Crippen LogP contribution < -0.4 is 0 Å². The van der Waals surface area contributed by atoms with Crippen LogP contribution in [0.15, 0.2) is 0 Å². The van der Waals surface area contributed by atoms with Crippen molar-refractivity contribution in [1.29, 1.82) is 0 Å². The van der Waals surface area contributed by atoms with Gasteiger partial charge in [0.15, 0.2) is 0 Å². The first-order valence-corrected chi connectivity index (χ1v) is 22.6. The number of hydrogen-bond donors (Lipinski definition) is 0. The molecule has 0 spiro atoms. The Morgan fingerprint density at radius 3 is 1.17 bits per heavy atom. The van der Waals surface area contributed by atoms with Crippen LogP contribution in [-0.4, -0.2) is 73.7 Å². The van der Waals surface area contributed by atoms with Crippen LogP contribution in [0.1, 0.15) is 0 Å². The summed E-state index contributed by atoms with van der Waals surface area (Å²) in [5, 5.41) is 0. The molecule has 0 N–H and O–H groups in total. The van der Waals surface area contributed by atoms with E-state index >= 15 is 0 Å². The van der Waals surface area contributed by atoms with Crippen molar-refractivity contribution in [3.63, 3.8) is 0 Å². The van der Waals surface area contributed by atoms with Gasteiger partial charge in [-0.1, -0.05) is 0 Å². The van der Waals surface area contributed by atoms with Crippen molar-refractivity contribution in [3.8, 4) is 0 Å². The molecule has 0 saturated carbocycles. The fraction of sp³-hybridized carbons (Fsp3) is 1.00. The fourth-order valence-corrected chi connectivity index (χ4v) is 41.9. The SMILES string of the molecule is CP(C)C[CH](P(C)C)[W]([Cl])[CH](CP(C)C)P(C)C. The van der Waals surface area contributed by atoms with Crippen molar-refractivity contribution >= 4 is 41.1 Å². The summed E-state index contributed by atoms with van der Waals surface area (Å²) in [5.41, 5.74) is 0. The zero-order chi connectivity index (χ0) is 14.5. The second-order valence-electron chi connectivity index (χ2n) is 5.68. The third-order valence-corrected chi connectivity index (χ3v) is 33.4. The van der Waals surface area contributed by atoms with Crippen molar-refractivity contribution < 1.29 is 16.3 Å². The fourth-order valence-electron chi connectivity index (χ4n) is 1.68. The maximum absolute atomic E-state index is 7.14. The monoisotopic (exact) mass is 517 g/mol. The summed E-state index contributed by atoms with van der Waals surface area (Å²) in [6.07, 6.45) is 2.91. The van der Waals surface area contributed by atoms with Crippen LogP contribution in [-0.2, 0) is 16.3 Å². The molecule has 0 aliphatic rings. The van der Waals surface area contributed by atoms with Crippen molar-refractivity contribution in [1.82, 2.24) is 0 Å². The molecule has 0 aliphatic heterocycles. The summed E-state index contributed by atoms with van der Waals surface area (Å²) in [4.78, 5) is 0. The zero-order valence-corrected chi connectivity index (χ0v) is 20.4. The Labute approximate surface area is 130 Å². The normalized spacial score (nSPS) is 16.3. The van der Waals surface area contributed by atoms with Crippen LogP contribution >= 0.6 is 41.1 Å². The van der Waals surface area contributed by atoms with Gasteiger partial charge >= 0.3 is 131 Å². The molecule has 0 amide bonds. The summed E-state index contributed by atoms with van der Waals surface area (Å²) in [5.74, 6) is 0. The second kappa shape index (κ2) is 10.4. The summed E-state index contributed by atoms with van der Waals surface area (Å²) in [7, 11) is 7.93. The first-order valence-electron chi connectivity index (χ1n) is 6.17. The minimum absolute atomic E-state index is 0.170. The van der Waals surface area contributed by atoms with E-state index < -0.39 is 16.3 Å². The topological polar surface area (TPSA) is 0 Å². The molecule has 111 valence electrons. The quantitative estimate of drug-likeness (QED) is 0.380. The zero-order valence-electron chi connectivity index (χ0n) is 13.1. The first kappa shape index (κ1) is 20.7. The second-order valence-corrected chi connectivity index (χ2v) is 27.8. The Kier molecular flexibility index (Phi) is 12.0. The molecule has 2 unspecified atom stereocenters. The van der Waals surface area contributed by atoms with Gasteiger partial charge in [-0.15, -0.1) is 0 Å². The molecule has 0 bridgehead atoms. The maximum atomic E-state index is 7.14. The van der Waals surface area contributed by atoms with Gasteiger partial charge in [-0.25, -0.2) is 0 Å². The van der Waals surface area contributed by atoms with E-state index in [9.17, 15) is 0 Å². The molecule has 0 saturated heterocycles. The number of rotatable bonds is 8. The number of hydrogen-bond acceptors (Lipinski definition) is 0. The molecule has 0 aromatic rings. The van der Waals surface area contributed by atoms with Gasteiger partial charge in [-0.05, 0) is 0 Å². The van der Waals surface area contributed by atoms with E-state index in [2.05, 4.69) is 53.3 Å². The Morgan fingerprint density at radius 1 is 0.722 bits per heavy atom. The van der Waals surface area contributed by atoms with Gasteiger partial charge in [0.2, 0.25) is 0 Å². The Morgan fingerprint density at radius 2 is 1.00 bits per heavy atom. The molecule has 0 aliphatic carbocycles. The molecule has 0 nitrogen and oxygen atoms in total. The van der Waals surface area contributed by atoms with E-state index in [0.717, 1.165) is 8.10 Å². The van der Waals surface area contributed by atoms with Crippen LogP contribution in [0.4, 0.5) is 0 Å². The summed E-state index contributed by atoms with van der Waals surface area (Å²) in [6, 6.07) is 0. The average Bonchev–Trinajstić information content (AvgIpc) is 2.20. The van der Waals surface area contributed by atoms with Crippen LogP contribution in [0.25, 0.3) is 0 Å². The summed E-state index contributed by atoms with van der Waals surface area (Å²) >= 11 is -1.70. The molecule has 0 aromatic carbocycles. The van der Waals surface area contributed by atoms with E-state index in [4.69, 9.17) is 9.42 Å². The van der Waals surface area contributed by atoms with Crippen LogP contribution in [0.2, 0.25) is 0 Å². The van der Waals surface area contributed by atoms with Crippen molar-refractivity contribution in [2.24, 2.45) is 0 Å². The average molecular weight is 518 g/mol. The van der Waals surface area contributed by atoms with Crippen LogP contribution in [0.3, 0.4) is 0 Å². The van der Waals surface area contributed by atoms with E-state index in [-0.39, 0.29) is 31.7 Å². The standard InChI is InChI=1S/2C6H15P2.ClH.W/c2*1-7(2)5-6-8(3)4;;/h2*5H,6H2,1-4H3;1H;/q;;;+1/p-1. The van der Waals surface area contributed by atoms with Gasteiger partial charge in [-0.2, -0.15) is 0 Å². The Hall–Kier alpha value is 2.70. The molecular weight excluding hydrogens is 487 g/mol. The Bertz CT molecular complexity index is 202. The van der Waals surface area contributed by atoms with E-state index in [0.29, 0.717) is 0 Å². The third-order valence-electron chi connectivity index (χ3n) is 2.71. The van der Waals surface area contributed by atoms with Crippen molar-refractivity contribution in [2.75, 3.05) is 65.6 Å². The van der Waals surface area contributed by atoms with Gasteiger partial charge in [0, 0.05) is 0 Å². The molecule has 0 fully saturated rings. The van der Waals surface area contributed by atoms with E-state index in [1.807, 2.05) is 0 Å². The predicted molar refractivity (Wildman–Crippen MR) is 98.2 cm³/mol.